The molecule has 4 rings (SSSR count). The first-order valence-electron chi connectivity index (χ1n) is 7.06. The number of aromatic nitrogens is 1. The van der Waals surface area contributed by atoms with E-state index in [1.165, 1.54) is 0 Å². The minimum absolute atomic E-state index is 0.365. The van der Waals surface area contributed by atoms with Crippen LogP contribution in [0.1, 0.15) is 5.76 Å². The van der Waals surface area contributed by atoms with Gasteiger partial charge in [0.2, 0.25) is 0 Å². The summed E-state index contributed by atoms with van der Waals surface area (Å²) in [4.78, 5) is 4.73. The van der Waals surface area contributed by atoms with Crippen LogP contribution in [0.25, 0.3) is 34.0 Å². The Kier molecular flexibility index (Phi) is 3.56. The van der Waals surface area contributed by atoms with E-state index in [-0.39, 0.29) is 0 Å². The highest BCUT2D eigenvalue weighted by atomic mass is 35.5. The summed E-state index contributed by atoms with van der Waals surface area (Å²) in [6.07, 6.45) is 0. The van der Waals surface area contributed by atoms with Gasteiger partial charge in [-0.3, -0.25) is 0 Å². The number of hydrogen-bond acceptors (Lipinski definition) is 4. The quantitative estimate of drug-likeness (QED) is 0.439. The minimum Gasteiger partial charge on any atom is -0.460 e. The molecule has 0 aliphatic carbocycles. The molecule has 0 bridgehead atoms. The van der Waals surface area contributed by atoms with Crippen molar-refractivity contribution in [3.05, 3.63) is 64.2 Å². The Morgan fingerprint density at radius 3 is 2.39 bits per heavy atom. The number of furan rings is 2. The zero-order valence-electron chi connectivity index (χ0n) is 12.2. The van der Waals surface area contributed by atoms with Gasteiger partial charge in [-0.15, -0.1) is 0 Å². The molecule has 0 N–H and O–H groups in total. The van der Waals surface area contributed by atoms with Crippen LogP contribution in [0.3, 0.4) is 0 Å². The maximum absolute atomic E-state index is 5.91. The van der Waals surface area contributed by atoms with E-state index in [9.17, 15) is 0 Å². The summed E-state index contributed by atoms with van der Waals surface area (Å²) in [5.41, 5.74) is 3.63. The SMILES string of the molecule is Cc1ccc(-c2cc(-c3ccc(Cl)o3)cc(-c3ccsc3)n2)o1. The van der Waals surface area contributed by atoms with Crippen LogP contribution in [-0.2, 0) is 0 Å². The molecule has 0 unspecified atom stereocenters. The molecule has 0 aliphatic heterocycles. The van der Waals surface area contributed by atoms with Gasteiger partial charge in [-0.25, -0.2) is 4.98 Å². The van der Waals surface area contributed by atoms with Gasteiger partial charge >= 0.3 is 0 Å². The van der Waals surface area contributed by atoms with E-state index < -0.39 is 0 Å². The molecule has 114 valence electrons. The largest absolute Gasteiger partial charge is 0.460 e. The van der Waals surface area contributed by atoms with Gasteiger partial charge in [0.25, 0.3) is 0 Å². The number of halogens is 1. The van der Waals surface area contributed by atoms with Crippen molar-refractivity contribution in [3.8, 4) is 34.0 Å². The monoisotopic (exact) mass is 341 g/mol. The summed E-state index contributed by atoms with van der Waals surface area (Å²) >= 11 is 7.55. The summed E-state index contributed by atoms with van der Waals surface area (Å²) in [6, 6.07) is 13.4. The lowest BCUT2D eigenvalue weighted by Crippen LogP contribution is -1.88. The van der Waals surface area contributed by atoms with Gasteiger partial charge in [-0.1, -0.05) is 0 Å². The molecule has 0 radical (unpaired) electrons. The van der Waals surface area contributed by atoms with Crippen LogP contribution >= 0.6 is 22.9 Å². The second-order valence-electron chi connectivity index (χ2n) is 5.15. The molecule has 0 aliphatic rings. The maximum Gasteiger partial charge on any atom is 0.193 e. The van der Waals surface area contributed by atoms with Gasteiger partial charge in [-0.2, -0.15) is 11.3 Å². The number of rotatable bonds is 3. The molecule has 0 saturated carbocycles. The number of aryl methyl sites for hydroxylation is 1. The average Bonchev–Trinajstić information content (AvgIpc) is 3.28. The van der Waals surface area contributed by atoms with Crippen molar-refractivity contribution in [1.82, 2.24) is 4.98 Å². The highest BCUT2D eigenvalue weighted by Crippen LogP contribution is 2.33. The van der Waals surface area contributed by atoms with Crippen molar-refractivity contribution in [2.75, 3.05) is 0 Å². The van der Waals surface area contributed by atoms with Crippen molar-refractivity contribution in [3.63, 3.8) is 0 Å². The standard InChI is InChI=1S/C18H12ClNO2S/c1-11-2-3-17(21-11)15-9-13(16-4-5-18(19)22-16)8-14(20-15)12-6-7-23-10-12/h2-10H,1H3. The second-order valence-corrected chi connectivity index (χ2v) is 6.30. The number of pyridine rings is 1. The van der Waals surface area contributed by atoms with Crippen LogP contribution in [0.15, 0.2) is 62.1 Å². The Morgan fingerprint density at radius 1 is 0.913 bits per heavy atom. The predicted octanol–water partition coefficient (Wildman–Crippen LogP) is 6.29. The molecule has 4 aromatic rings. The molecule has 4 heterocycles. The normalized spacial score (nSPS) is 11.0. The third-order valence-corrected chi connectivity index (χ3v) is 4.38. The molecular weight excluding hydrogens is 330 g/mol. The Balaban J connectivity index is 1.90. The van der Waals surface area contributed by atoms with Gasteiger partial charge in [0.15, 0.2) is 11.0 Å². The Hall–Kier alpha value is -2.30. The molecule has 0 fully saturated rings. The smallest absolute Gasteiger partial charge is 0.193 e. The molecule has 5 heteroatoms. The first-order chi connectivity index (χ1) is 11.2. The highest BCUT2D eigenvalue weighted by Gasteiger charge is 2.13. The Labute approximate surface area is 142 Å². The first-order valence-corrected chi connectivity index (χ1v) is 8.38. The van der Waals surface area contributed by atoms with E-state index in [0.29, 0.717) is 11.0 Å². The van der Waals surface area contributed by atoms with E-state index in [2.05, 4.69) is 5.38 Å². The first kappa shape index (κ1) is 14.3. The van der Waals surface area contributed by atoms with Gasteiger partial charge < -0.3 is 8.83 Å². The number of nitrogens with zero attached hydrogens (tertiary/aromatic N) is 1. The van der Waals surface area contributed by atoms with E-state index in [1.54, 1.807) is 17.4 Å². The van der Waals surface area contributed by atoms with Gasteiger partial charge in [-0.05, 0) is 66.4 Å². The lowest BCUT2D eigenvalue weighted by atomic mass is 10.1. The van der Waals surface area contributed by atoms with Crippen LogP contribution in [-0.4, -0.2) is 4.98 Å². The number of hydrogen-bond donors (Lipinski definition) is 0. The van der Waals surface area contributed by atoms with Crippen molar-refractivity contribution in [2.24, 2.45) is 0 Å². The summed E-state index contributed by atoms with van der Waals surface area (Å²) < 4.78 is 11.3. The van der Waals surface area contributed by atoms with E-state index in [0.717, 1.165) is 34.0 Å². The Bertz CT molecular complexity index is 895. The topological polar surface area (TPSA) is 39.2 Å². The summed E-state index contributed by atoms with van der Waals surface area (Å²) in [6.45, 7) is 1.92. The second kappa shape index (κ2) is 5.72. The van der Waals surface area contributed by atoms with Crippen LogP contribution < -0.4 is 0 Å². The lowest BCUT2D eigenvalue weighted by molar-refractivity contribution is 0.546. The third-order valence-electron chi connectivity index (χ3n) is 3.49. The molecule has 4 aromatic heterocycles. The molecule has 23 heavy (non-hydrogen) atoms. The van der Waals surface area contributed by atoms with E-state index >= 15 is 0 Å². The van der Waals surface area contributed by atoms with Crippen molar-refractivity contribution < 1.29 is 8.83 Å². The summed E-state index contributed by atoms with van der Waals surface area (Å²) in [7, 11) is 0. The average molecular weight is 342 g/mol. The van der Waals surface area contributed by atoms with Crippen molar-refractivity contribution in [2.45, 2.75) is 6.92 Å². The molecule has 3 nitrogen and oxygen atoms in total. The molecule has 0 amide bonds. The highest BCUT2D eigenvalue weighted by molar-refractivity contribution is 7.08. The molecule has 0 saturated heterocycles. The fraction of sp³-hybridized carbons (Fsp3) is 0.0556. The zero-order valence-corrected chi connectivity index (χ0v) is 13.8. The zero-order chi connectivity index (χ0) is 15.8. The third kappa shape index (κ3) is 2.83. The molecule has 0 atom stereocenters. The minimum atomic E-state index is 0.365. The van der Waals surface area contributed by atoms with Gasteiger partial charge in [0.1, 0.15) is 17.2 Å². The van der Waals surface area contributed by atoms with Crippen molar-refractivity contribution in [1.29, 1.82) is 0 Å². The lowest BCUT2D eigenvalue weighted by Gasteiger charge is -2.05. The van der Waals surface area contributed by atoms with Crippen molar-refractivity contribution >= 4 is 22.9 Å². The molecule has 0 spiro atoms. The predicted molar refractivity (Wildman–Crippen MR) is 92.7 cm³/mol. The van der Waals surface area contributed by atoms with Gasteiger partial charge in [0, 0.05) is 16.5 Å². The van der Waals surface area contributed by atoms with Crippen LogP contribution in [0.5, 0.6) is 0 Å². The summed E-state index contributed by atoms with van der Waals surface area (Å²) in [5, 5.41) is 4.46. The fourth-order valence-corrected chi connectivity index (χ4v) is 3.19. The molecular formula is C18H12ClNO2S. The maximum atomic E-state index is 5.91. The van der Waals surface area contributed by atoms with E-state index in [4.69, 9.17) is 25.4 Å². The van der Waals surface area contributed by atoms with E-state index in [1.807, 2.05) is 48.7 Å². The molecule has 0 aromatic carbocycles. The van der Waals surface area contributed by atoms with Crippen LogP contribution in [0, 0.1) is 6.92 Å². The number of thiophene rings is 1. The Morgan fingerprint density at radius 2 is 1.74 bits per heavy atom. The van der Waals surface area contributed by atoms with Crippen LogP contribution in [0.2, 0.25) is 5.22 Å². The summed E-state index contributed by atoms with van der Waals surface area (Å²) in [5.74, 6) is 2.29. The fourth-order valence-electron chi connectivity index (χ4n) is 2.40. The van der Waals surface area contributed by atoms with Gasteiger partial charge in [0.05, 0.1) is 5.69 Å². The van der Waals surface area contributed by atoms with Crippen LogP contribution in [0.4, 0.5) is 0 Å².